The molecule has 0 heteroatoms. The van der Waals surface area contributed by atoms with Gasteiger partial charge in [-0.2, -0.15) is 0 Å². The van der Waals surface area contributed by atoms with E-state index in [0.717, 1.165) is 0 Å². The van der Waals surface area contributed by atoms with Crippen LogP contribution in [0.4, 0.5) is 0 Å². The molecule has 0 radical (unpaired) electrons. The first-order valence-corrected chi connectivity index (χ1v) is 15.9. The maximum atomic E-state index is 2.40. The van der Waals surface area contributed by atoms with Gasteiger partial charge in [0.2, 0.25) is 0 Å². The Morgan fingerprint density at radius 3 is 1.39 bits per heavy atom. The van der Waals surface area contributed by atoms with Crippen molar-refractivity contribution in [1.29, 1.82) is 0 Å². The first kappa shape index (κ1) is 26.4. The third-order valence-electron chi connectivity index (χ3n) is 9.46. The molecule has 0 spiro atoms. The fraction of sp³-hybridized carbons (Fsp3) is 0. The Morgan fingerprint density at radius 1 is 0.217 bits per heavy atom. The molecule has 46 heavy (non-hydrogen) atoms. The van der Waals surface area contributed by atoms with E-state index in [1.165, 1.54) is 87.6 Å². The molecule has 0 nitrogen and oxygen atoms in total. The average Bonchev–Trinajstić information content (AvgIpc) is 3.14. The molecule has 0 amide bonds. The second-order valence-electron chi connectivity index (χ2n) is 12.1. The first-order chi connectivity index (χ1) is 22.8. The van der Waals surface area contributed by atoms with Crippen LogP contribution in [0.2, 0.25) is 0 Å². The fourth-order valence-electron chi connectivity index (χ4n) is 7.33. The van der Waals surface area contributed by atoms with E-state index in [2.05, 4.69) is 182 Å². The van der Waals surface area contributed by atoms with E-state index in [4.69, 9.17) is 0 Å². The predicted molar refractivity (Wildman–Crippen MR) is 198 cm³/mol. The van der Waals surface area contributed by atoms with Gasteiger partial charge < -0.3 is 0 Å². The van der Waals surface area contributed by atoms with Crippen molar-refractivity contribution in [3.63, 3.8) is 0 Å². The van der Waals surface area contributed by atoms with E-state index in [0.29, 0.717) is 0 Å². The number of hydrogen-bond donors (Lipinski definition) is 0. The van der Waals surface area contributed by atoms with Crippen LogP contribution in [0, 0.1) is 0 Å². The lowest BCUT2D eigenvalue weighted by Crippen LogP contribution is -1.92. The molecular formula is C46H30. The van der Waals surface area contributed by atoms with Crippen LogP contribution in [0.15, 0.2) is 182 Å². The molecule has 0 aliphatic heterocycles. The smallest absolute Gasteiger partial charge is 0.00199 e. The molecule has 0 heterocycles. The van der Waals surface area contributed by atoms with E-state index in [1.807, 2.05) is 0 Å². The third kappa shape index (κ3) is 4.30. The minimum Gasteiger partial charge on any atom is -0.0622 e. The van der Waals surface area contributed by atoms with Gasteiger partial charge in [0.1, 0.15) is 0 Å². The maximum Gasteiger partial charge on any atom is -0.00199 e. The molecule has 0 N–H and O–H groups in total. The highest BCUT2D eigenvalue weighted by molar-refractivity contribution is 6.24. The summed E-state index contributed by atoms with van der Waals surface area (Å²) in [6, 6.07) is 66.5. The fourth-order valence-corrected chi connectivity index (χ4v) is 7.33. The highest BCUT2D eigenvalue weighted by Crippen LogP contribution is 2.46. The summed E-state index contributed by atoms with van der Waals surface area (Å²) in [4.78, 5) is 0. The second-order valence-corrected chi connectivity index (χ2v) is 12.1. The van der Waals surface area contributed by atoms with Crippen LogP contribution in [-0.2, 0) is 0 Å². The van der Waals surface area contributed by atoms with Crippen molar-refractivity contribution >= 4 is 43.1 Å². The molecule has 0 atom stereocenters. The monoisotopic (exact) mass is 582 g/mol. The van der Waals surface area contributed by atoms with Gasteiger partial charge in [-0.15, -0.1) is 0 Å². The summed E-state index contributed by atoms with van der Waals surface area (Å²) in [5.41, 5.74) is 10.00. The Morgan fingerprint density at radius 2 is 0.696 bits per heavy atom. The van der Waals surface area contributed by atoms with Gasteiger partial charge in [0.05, 0.1) is 0 Å². The molecule has 0 bridgehead atoms. The molecule has 0 aliphatic carbocycles. The molecule has 0 aromatic heterocycles. The Labute approximate surface area is 268 Å². The molecule has 0 saturated heterocycles. The minimum absolute atomic E-state index is 1.22. The molecule has 9 aromatic carbocycles. The van der Waals surface area contributed by atoms with Crippen LogP contribution in [0.5, 0.6) is 0 Å². The van der Waals surface area contributed by atoms with Crippen molar-refractivity contribution in [2.75, 3.05) is 0 Å². The van der Waals surface area contributed by atoms with Gasteiger partial charge in [-0.25, -0.2) is 0 Å². The lowest BCUT2D eigenvalue weighted by molar-refractivity contribution is 1.62. The zero-order valence-electron chi connectivity index (χ0n) is 25.3. The normalized spacial score (nSPS) is 11.5. The highest BCUT2D eigenvalue weighted by Gasteiger charge is 2.19. The molecule has 0 fully saturated rings. The maximum absolute atomic E-state index is 2.40. The van der Waals surface area contributed by atoms with Crippen LogP contribution in [0.3, 0.4) is 0 Å². The summed E-state index contributed by atoms with van der Waals surface area (Å²) in [5.74, 6) is 0. The predicted octanol–water partition coefficient (Wildman–Crippen LogP) is 13.0. The van der Waals surface area contributed by atoms with Crippen molar-refractivity contribution < 1.29 is 0 Å². The van der Waals surface area contributed by atoms with Crippen LogP contribution >= 0.6 is 0 Å². The van der Waals surface area contributed by atoms with E-state index in [1.54, 1.807) is 0 Å². The Kier molecular flexibility index (Phi) is 6.25. The quantitative estimate of drug-likeness (QED) is 0.181. The Balaban J connectivity index is 1.34. The van der Waals surface area contributed by atoms with Gasteiger partial charge in [-0.3, -0.25) is 0 Å². The van der Waals surface area contributed by atoms with E-state index in [9.17, 15) is 0 Å². The zero-order valence-corrected chi connectivity index (χ0v) is 25.3. The van der Waals surface area contributed by atoms with Crippen LogP contribution in [-0.4, -0.2) is 0 Å². The van der Waals surface area contributed by atoms with Gasteiger partial charge in [-0.05, 0) is 93.7 Å². The largest absolute Gasteiger partial charge is 0.0622 e. The highest BCUT2D eigenvalue weighted by atomic mass is 14.2. The summed E-state index contributed by atoms with van der Waals surface area (Å²) in [6.07, 6.45) is 0. The van der Waals surface area contributed by atoms with Crippen molar-refractivity contribution in [3.8, 4) is 44.5 Å². The van der Waals surface area contributed by atoms with E-state index < -0.39 is 0 Å². The topological polar surface area (TPSA) is 0 Å². The first-order valence-electron chi connectivity index (χ1n) is 15.9. The van der Waals surface area contributed by atoms with Crippen LogP contribution in [0.1, 0.15) is 0 Å². The van der Waals surface area contributed by atoms with E-state index >= 15 is 0 Å². The van der Waals surface area contributed by atoms with Crippen molar-refractivity contribution in [3.05, 3.63) is 182 Å². The van der Waals surface area contributed by atoms with Crippen LogP contribution < -0.4 is 0 Å². The molecule has 0 saturated carbocycles. The standard InChI is InChI=1S/C46H30/c1-2-12-31(13-3-1)36-28-29-43-44(30-36)46(40-23-11-17-33-15-5-7-19-39(33)40)42-21-9-8-20-41(42)45(43)35-26-24-34(25-27-35)38-22-10-16-32-14-4-6-18-37(32)38/h1-30H. The van der Waals surface area contributed by atoms with Gasteiger partial charge in [-0.1, -0.05) is 176 Å². The summed E-state index contributed by atoms with van der Waals surface area (Å²) < 4.78 is 0. The molecule has 0 unspecified atom stereocenters. The lowest BCUT2D eigenvalue weighted by atomic mass is 9.83. The number of benzene rings is 9. The minimum atomic E-state index is 1.22. The molecule has 0 aliphatic rings. The van der Waals surface area contributed by atoms with Crippen molar-refractivity contribution in [2.45, 2.75) is 0 Å². The molecule has 9 rings (SSSR count). The zero-order chi connectivity index (χ0) is 30.5. The van der Waals surface area contributed by atoms with Gasteiger partial charge >= 0.3 is 0 Å². The SMILES string of the molecule is c1ccc(-c2ccc3c(-c4ccc(-c5cccc6ccccc56)cc4)c4ccccc4c(-c4cccc5ccccc45)c3c2)cc1. The lowest BCUT2D eigenvalue weighted by Gasteiger charge is -2.20. The summed E-state index contributed by atoms with van der Waals surface area (Å²) in [5, 5.41) is 10.1. The summed E-state index contributed by atoms with van der Waals surface area (Å²) in [7, 11) is 0. The van der Waals surface area contributed by atoms with Crippen molar-refractivity contribution in [1.82, 2.24) is 0 Å². The van der Waals surface area contributed by atoms with Gasteiger partial charge in [0.25, 0.3) is 0 Å². The van der Waals surface area contributed by atoms with E-state index in [-0.39, 0.29) is 0 Å². The average molecular weight is 583 g/mol. The molecule has 9 aromatic rings. The Hall–Kier alpha value is -5.98. The summed E-state index contributed by atoms with van der Waals surface area (Å²) >= 11 is 0. The van der Waals surface area contributed by atoms with Crippen LogP contribution in [0.25, 0.3) is 87.6 Å². The molecule has 214 valence electrons. The molecular weight excluding hydrogens is 553 g/mol. The second kappa shape index (κ2) is 10.9. The number of rotatable bonds is 4. The summed E-state index contributed by atoms with van der Waals surface area (Å²) in [6.45, 7) is 0. The van der Waals surface area contributed by atoms with Crippen molar-refractivity contribution in [2.24, 2.45) is 0 Å². The van der Waals surface area contributed by atoms with Gasteiger partial charge in [0, 0.05) is 0 Å². The van der Waals surface area contributed by atoms with Gasteiger partial charge in [0.15, 0.2) is 0 Å². The number of fused-ring (bicyclic) bond motifs is 4. The number of hydrogen-bond acceptors (Lipinski definition) is 0. The Bertz CT molecular complexity index is 2540. The third-order valence-corrected chi connectivity index (χ3v) is 9.46.